The molecule has 0 aliphatic heterocycles. The number of aromatic nitrogens is 2. The van der Waals surface area contributed by atoms with Gasteiger partial charge in [-0.25, -0.2) is 0 Å². The first kappa shape index (κ1) is 10.8. The molecule has 0 aromatic carbocycles. The summed E-state index contributed by atoms with van der Waals surface area (Å²) in [7, 11) is 3.55. The lowest BCUT2D eigenvalue weighted by atomic mass is 9.90. The van der Waals surface area contributed by atoms with Crippen molar-refractivity contribution in [2.75, 3.05) is 0 Å². The number of carbonyl (C=O) groups excluding carboxylic acids is 2. The highest BCUT2D eigenvalue weighted by molar-refractivity contribution is 6.51. The molecule has 0 spiro atoms. The quantitative estimate of drug-likeness (QED) is 0.493. The Bertz CT molecular complexity index is 643. The fourth-order valence-electron chi connectivity index (χ4n) is 2.44. The topological polar surface area (TPSA) is 41.9 Å². The first-order valence-corrected chi connectivity index (χ1v) is 5.68. The third kappa shape index (κ3) is 1.26. The number of fused-ring (bicyclic) bond motifs is 3. The zero-order chi connectivity index (χ0) is 12.9. The summed E-state index contributed by atoms with van der Waals surface area (Å²) in [5, 5.41) is 0. The van der Waals surface area contributed by atoms with E-state index < -0.39 is 11.6 Å². The molecule has 2 aromatic rings. The predicted molar refractivity (Wildman–Crippen MR) is 62.9 cm³/mol. The molecule has 4 heteroatoms. The molecule has 0 saturated heterocycles. The van der Waals surface area contributed by atoms with E-state index in [0.717, 1.165) is 11.1 Å². The molecule has 4 nitrogen and oxygen atoms in total. The van der Waals surface area contributed by atoms with Crippen LogP contribution in [0.3, 0.4) is 0 Å². The summed E-state index contributed by atoms with van der Waals surface area (Å²) in [4.78, 5) is 24.3. The van der Waals surface area contributed by atoms with E-state index in [1.54, 1.807) is 35.6 Å². The first-order valence-electron chi connectivity index (χ1n) is 5.68. The smallest absolute Gasteiger partial charge is 0.278 e. The van der Waals surface area contributed by atoms with Crippen LogP contribution in [0, 0.1) is 0 Å². The Morgan fingerprint density at radius 3 is 1.56 bits per heavy atom. The van der Waals surface area contributed by atoms with Gasteiger partial charge in [0.05, 0.1) is 11.1 Å². The van der Waals surface area contributed by atoms with Crippen molar-refractivity contribution < 1.29 is 18.7 Å². The highest BCUT2D eigenvalue weighted by Crippen LogP contribution is 2.29. The average molecular weight is 240 g/mol. The maximum atomic E-state index is 12.2. The second kappa shape index (κ2) is 3.57. The molecule has 2 aromatic heterocycles. The van der Waals surface area contributed by atoms with Crippen LogP contribution in [-0.2, 0) is 14.1 Å². The van der Waals surface area contributed by atoms with E-state index in [2.05, 4.69) is 0 Å². The van der Waals surface area contributed by atoms with E-state index in [1.165, 1.54) is 0 Å². The second-order valence-electron chi connectivity index (χ2n) is 4.42. The third-order valence-corrected chi connectivity index (χ3v) is 3.29. The van der Waals surface area contributed by atoms with Crippen LogP contribution in [0.1, 0.15) is 21.0 Å². The molecule has 0 unspecified atom stereocenters. The summed E-state index contributed by atoms with van der Waals surface area (Å²) in [6.07, 6.45) is 3.55. The summed E-state index contributed by atoms with van der Waals surface area (Å²) in [6, 6.07) is 7.49. The average Bonchev–Trinajstić information content (AvgIpc) is 2.35. The highest BCUT2D eigenvalue weighted by Gasteiger charge is 2.41. The van der Waals surface area contributed by atoms with Gasteiger partial charge in [-0.1, -0.05) is 0 Å². The van der Waals surface area contributed by atoms with Crippen LogP contribution in [0.15, 0.2) is 36.7 Å². The molecule has 1 aliphatic rings. The van der Waals surface area contributed by atoms with Gasteiger partial charge in [0.2, 0.25) is 0 Å². The lowest BCUT2D eigenvalue weighted by Gasteiger charge is -2.12. The number of pyridine rings is 2. The van der Waals surface area contributed by atoms with Gasteiger partial charge in [0.1, 0.15) is 14.1 Å². The number of rotatable bonds is 0. The monoisotopic (exact) mass is 240 g/mol. The molecule has 0 amide bonds. The number of Topliss-reactive ketones (excluding diaryl/α,β-unsaturated/α-hetero) is 2. The number of hydrogen-bond acceptors (Lipinski definition) is 2. The molecule has 0 bridgehead atoms. The number of aryl methyl sites for hydroxylation is 2. The van der Waals surface area contributed by atoms with Gasteiger partial charge in [-0.05, 0) is 12.1 Å². The summed E-state index contributed by atoms with van der Waals surface area (Å²) < 4.78 is 3.40. The normalized spacial score (nSPS) is 13.2. The Labute approximate surface area is 104 Å². The fourth-order valence-corrected chi connectivity index (χ4v) is 2.44. The summed E-state index contributed by atoms with van der Waals surface area (Å²) >= 11 is 0. The molecule has 0 saturated carbocycles. The minimum Gasteiger partial charge on any atom is -0.278 e. The van der Waals surface area contributed by atoms with Gasteiger partial charge in [-0.3, -0.25) is 9.59 Å². The van der Waals surface area contributed by atoms with Gasteiger partial charge < -0.3 is 0 Å². The van der Waals surface area contributed by atoms with Crippen molar-refractivity contribution in [3.05, 3.63) is 48.0 Å². The van der Waals surface area contributed by atoms with Gasteiger partial charge in [-0.2, -0.15) is 9.13 Å². The molecular weight excluding hydrogens is 228 g/mol. The van der Waals surface area contributed by atoms with E-state index in [9.17, 15) is 9.59 Å². The third-order valence-electron chi connectivity index (χ3n) is 3.29. The van der Waals surface area contributed by atoms with Crippen LogP contribution in [-0.4, -0.2) is 11.6 Å². The molecule has 0 atom stereocenters. The van der Waals surface area contributed by atoms with Crippen molar-refractivity contribution >= 4 is 11.6 Å². The second-order valence-corrected chi connectivity index (χ2v) is 4.42. The number of carbonyl (C=O) groups is 2. The molecule has 2 heterocycles. The Morgan fingerprint density at radius 1 is 0.778 bits per heavy atom. The SMILES string of the molecule is C[n+]1cccc2c1C(=O)C(=O)c1c-2ccc[n+]1C. The van der Waals surface area contributed by atoms with Crippen molar-refractivity contribution in [1.82, 2.24) is 0 Å². The predicted octanol–water partition coefficient (Wildman–Crippen LogP) is 0.382. The van der Waals surface area contributed by atoms with Crippen LogP contribution in [0.4, 0.5) is 0 Å². The molecule has 0 radical (unpaired) electrons. The van der Waals surface area contributed by atoms with Gasteiger partial charge in [0.15, 0.2) is 12.4 Å². The van der Waals surface area contributed by atoms with Crippen molar-refractivity contribution in [2.24, 2.45) is 14.1 Å². The van der Waals surface area contributed by atoms with Gasteiger partial charge >= 0.3 is 11.6 Å². The zero-order valence-electron chi connectivity index (χ0n) is 10.2. The van der Waals surface area contributed by atoms with Gasteiger partial charge in [-0.15, -0.1) is 0 Å². The van der Waals surface area contributed by atoms with Crippen molar-refractivity contribution in [1.29, 1.82) is 0 Å². The Hall–Kier alpha value is -2.36. The van der Waals surface area contributed by atoms with Crippen LogP contribution < -0.4 is 9.13 Å². The maximum Gasteiger partial charge on any atom is 0.304 e. The molecule has 88 valence electrons. The number of nitrogens with zero attached hydrogens (tertiary/aromatic N) is 2. The van der Waals surface area contributed by atoms with Crippen molar-refractivity contribution in [2.45, 2.75) is 0 Å². The fraction of sp³-hybridized carbons (Fsp3) is 0.143. The lowest BCUT2D eigenvalue weighted by Crippen LogP contribution is -2.46. The molecule has 3 rings (SSSR count). The maximum absolute atomic E-state index is 12.2. The Morgan fingerprint density at radius 2 is 1.17 bits per heavy atom. The van der Waals surface area contributed by atoms with Crippen molar-refractivity contribution in [3.8, 4) is 11.1 Å². The van der Waals surface area contributed by atoms with Gasteiger partial charge in [0, 0.05) is 12.1 Å². The Kier molecular flexibility index (Phi) is 2.13. The molecule has 18 heavy (non-hydrogen) atoms. The Balaban J connectivity index is 2.46. The van der Waals surface area contributed by atoms with E-state index in [-0.39, 0.29) is 0 Å². The highest BCUT2D eigenvalue weighted by atomic mass is 16.2. The minimum atomic E-state index is -0.442. The van der Waals surface area contributed by atoms with Crippen LogP contribution >= 0.6 is 0 Å². The van der Waals surface area contributed by atoms with Crippen LogP contribution in [0.5, 0.6) is 0 Å². The summed E-state index contributed by atoms with van der Waals surface area (Å²) in [5.74, 6) is -0.884. The summed E-state index contributed by atoms with van der Waals surface area (Å²) in [6.45, 7) is 0. The van der Waals surface area contributed by atoms with Crippen LogP contribution in [0.25, 0.3) is 11.1 Å². The van der Waals surface area contributed by atoms with E-state index >= 15 is 0 Å². The largest absolute Gasteiger partial charge is 0.304 e. The van der Waals surface area contributed by atoms with Crippen molar-refractivity contribution in [3.63, 3.8) is 0 Å². The van der Waals surface area contributed by atoms with E-state index in [4.69, 9.17) is 0 Å². The van der Waals surface area contributed by atoms with Crippen LogP contribution in [0.2, 0.25) is 0 Å². The first-order chi connectivity index (χ1) is 8.61. The lowest BCUT2D eigenvalue weighted by molar-refractivity contribution is -0.675. The minimum absolute atomic E-state index is 0.442. The molecule has 0 N–H and O–H groups in total. The zero-order valence-corrected chi connectivity index (χ0v) is 10.2. The van der Waals surface area contributed by atoms with Gasteiger partial charge in [0.25, 0.3) is 11.4 Å². The summed E-state index contributed by atoms with van der Waals surface area (Å²) in [5.41, 5.74) is 2.55. The molecular formula is C14H12N2O2+2. The number of ketones is 2. The van der Waals surface area contributed by atoms with E-state index in [1.807, 2.05) is 24.3 Å². The molecule has 0 fully saturated rings. The van der Waals surface area contributed by atoms with E-state index in [0.29, 0.717) is 11.4 Å². The molecule has 1 aliphatic carbocycles. The standard InChI is InChI=1S/C14H12N2O2/c1-15-7-3-5-9-10-6-4-8-16(2)12(10)14(18)13(17)11(9)15/h3-8H,1-2H3/q+2. The number of hydrogen-bond donors (Lipinski definition) is 0.